The van der Waals surface area contributed by atoms with Gasteiger partial charge in [-0.2, -0.15) is 4.31 Å². The summed E-state index contributed by atoms with van der Waals surface area (Å²) in [4.78, 5) is 0.306. The molecule has 1 saturated heterocycles. The summed E-state index contributed by atoms with van der Waals surface area (Å²) in [5.41, 5.74) is 5.90. The van der Waals surface area contributed by atoms with Crippen LogP contribution in [0.3, 0.4) is 0 Å². The molecule has 118 valence electrons. The highest BCUT2D eigenvalue weighted by Gasteiger charge is 2.33. The van der Waals surface area contributed by atoms with E-state index >= 15 is 0 Å². The number of hydrogen-bond donors (Lipinski definition) is 1. The molecule has 2 atom stereocenters. The fraction of sp³-hybridized carbons (Fsp3) is 0.600. The van der Waals surface area contributed by atoms with Gasteiger partial charge in [0.2, 0.25) is 10.0 Å². The quantitative estimate of drug-likeness (QED) is 0.922. The molecule has 0 bridgehead atoms. The molecule has 1 aromatic carbocycles. The maximum absolute atomic E-state index is 12.7. The first-order valence-corrected chi connectivity index (χ1v) is 8.79. The molecule has 2 N–H and O–H groups in total. The van der Waals surface area contributed by atoms with E-state index in [0.29, 0.717) is 30.0 Å². The van der Waals surface area contributed by atoms with Crippen LogP contribution >= 0.6 is 0 Å². The first-order valence-electron chi connectivity index (χ1n) is 7.35. The Morgan fingerprint density at radius 1 is 1.29 bits per heavy atom. The standard InChI is InChI=1S/C15H24N2O3S/c1-11(2)20-14-4-6-15(7-5-14)21(18,19)17-9-8-13(16)10-12(17)3/h4-7,11-13H,8-10,16H2,1-3H3/t12-,13-/m0/s1. The van der Waals surface area contributed by atoms with Crippen LogP contribution in [-0.2, 0) is 10.0 Å². The molecule has 0 spiro atoms. The number of benzene rings is 1. The predicted molar refractivity (Wildman–Crippen MR) is 82.8 cm³/mol. The Morgan fingerprint density at radius 2 is 1.90 bits per heavy atom. The van der Waals surface area contributed by atoms with Crippen molar-refractivity contribution in [2.24, 2.45) is 5.73 Å². The average Bonchev–Trinajstić information content (AvgIpc) is 2.38. The summed E-state index contributed by atoms with van der Waals surface area (Å²) in [7, 11) is -3.46. The summed E-state index contributed by atoms with van der Waals surface area (Å²) in [5.74, 6) is 0.678. The Labute approximate surface area is 127 Å². The van der Waals surface area contributed by atoms with E-state index in [0.717, 1.165) is 0 Å². The van der Waals surface area contributed by atoms with E-state index in [-0.39, 0.29) is 18.2 Å². The van der Waals surface area contributed by atoms with Crippen LogP contribution in [0.1, 0.15) is 33.6 Å². The lowest BCUT2D eigenvalue weighted by Crippen LogP contribution is -2.48. The van der Waals surface area contributed by atoms with Gasteiger partial charge in [-0.05, 0) is 57.9 Å². The Balaban J connectivity index is 2.19. The van der Waals surface area contributed by atoms with Crippen LogP contribution in [0.25, 0.3) is 0 Å². The molecular weight excluding hydrogens is 288 g/mol. The third kappa shape index (κ3) is 3.75. The maximum atomic E-state index is 12.7. The maximum Gasteiger partial charge on any atom is 0.243 e. The van der Waals surface area contributed by atoms with Gasteiger partial charge in [-0.25, -0.2) is 8.42 Å². The zero-order valence-electron chi connectivity index (χ0n) is 12.8. The van der Waals surface area contributed by atoms with Gasteiger partial charge in [0.25, 0.3) is 0 Å². The number of hydrogen-bond acceptors (Lipinski definition) is 4. The highest BCUT2D eigenvalue weighted by Crippen LogP contribution is 2.26. The van der Waals surface area contributed by atoms with Crippen molar-refractivity contribution in [1.29, 1.82) is 0 Å². The fourth-order valence-corrected chi connectivity index (χ4v) is 4.30. The lowest BCUT2D eigenvalue weighted by molar-refractivity contribution is 0.242. The largest absolute Gasteiger partial charge is 0.491 e. The molecule has 0 amide bonds. The van der Waals surface area contributed by atoms with Crippen molar-refractivity contribution in [1.82, 2.24) is 4.31 Å². The summed E-state index contributed by atoms with van der Waals surface area (Å²) in [6.07, 6.45) is 1.47. The molecule has 1 aliphatic rings. The smallest absolute Gasteiger partial charge is 0.243 e. The summed E-state index contributed by atoms with van der Waals surface area (Å²) < 4.78 is 32.5. The third-order valence-corrected chi connectivity index (χ3v) is 5.69. The zero-order chi connectivity index (χ0) is 15.6. The van der Waals surface area contributed by atoms with Crippen LogP contribution in [-0.4, -0.2) is 37.5 Å². The number of ether oxygens (including phenoxy) is 1. The van der Waals surface area contributed by atoms with E-state index in [1.807, 2.05) is 20.8 Å². The van der Waals surface area contributed by atoms with E-state index in [1.54, 1.807) is 28.6 Å². The molecule has 0 radical (unpaired) electrons. The van der Waals surface area contributed by atoms with Gasteiger partial charge in [-0.1, -0.05) is 0 Å². The summed E-state index contributed by atoms with van der Waals surface area (Å²) in [6, 6.07) is 6.64. The van der Waals surface area contributed by atoms with Crippen molar-refractivity contribution in [3.63, 3.8) is 0 Å². The molecule has 1 fully saturated rings. The lowest BCUT2D eigenvalue weighted by Gasteiger charge is -2.35. The highest BCUT2D eigenvalue weighted by molar-refractivity contribution is 7.89. The van der Waals surface area contributed by atoms with E-state index in [1.165, 1.54) is 0 Å². The van der Waals surface area contributed by atoms with Crippen LogP contribution < -0.4 is 10.5 Å². The lowest BCUT2D eigenvalue weighted by atomic mass is 10.0. The Kier molecular flexibility index (Phi) is 4.91. The second kappa shape index (κ2) is 6.34. The molecule has 1 aliphatic heterocycles. The Hall–Kier alpha value is -1.11. The minimum atomic E-state index is -3.46. The predicted octanol–water partition coefficient (Wildman–Crippen LogP) is 1.97. The van der Waals surface area contributed by atoms with Gasteiger partial charge in [0, 0.05) is 18.6 Å². The number of piperidine rings is 1. The van der Waals surface area contributed by atoms with Gasteiger partial charge >= 0.3 is 0 Å². The molecule has 0 saturated carbocycles. The normalized spacial score (nSPS) is 24.2. The van der Waals surface area contributed by atoms with Crippen molar-refractivity contribution < 1.29 is 13.2 Å². The van der Waals surface area contributed by atoms with Crippen LogP contribution in [0, 0.1) is 0 Å². The second-order valence-corrected chi connectivity index (χ2v) is 7.78. The van der Waals surface area contributed by atoms with Gasteiger partial charge in [0.05, 0.1) is 11.0 Å². The molecule has 2 rings (SSSR count). The van der Waals surface area contributed by atoms with Crippen molar-refractivity contribution in [2.75, 3.05) is 6.54 Å². The Bertz CT molecular complexity index is 569. The topological polar surface area (TPSA) is 72.6 Å². The van der Waals surface area contributed by atoms with Crippen LogP contribution in [0.4, 0.5) is 0 Å². The number of rotatable bonds is 4. The molecule has 5 nitrogen and oxygen atoms in total. The molecule has 6 heteroatoms. The first-order chi connectivity index (χ1) is 9.80. The van der Waals surface area contributed by atoms with Crippen molar-refractivity contribution in [3.8, 4) is 5.75 Å². The minimum absolute atomic E-state index is 0.0645. The molecule has 1 heterocycles. The van der Waals surface area contributed by atoms with Crippen molar-refractivity contribution in [2.45, 2.75) is 56.7 Å². The van der Waals surface area contributed by atoms with Gasteiger partial charge < -0.3 is 10.5 Å². The van der Waals surface area contributed by atoms with Crippen LogP contribution in [0.2, 0.25) is 0 Å². The number of sulfonamides is 1. The number of nitrogens with zero attached hydrogens (tertiary/aromatic N) is 1. The molecule has 1 aromatic rings. The second-order valence-electron chi connectivity index (χ2n) is 5.89. The molecule has 0 aromatic heterocycles. The van der Waals surface area contributed by atoms with Crippen molar-refractivity contribution in [3.05, 3.63) is 24.3 Å². The SMILES string of the molecule is CC(C)Oc1ccc(S(=O)(=O)N2CC[C@H](N)C[C@@H]2C)cc1. The van der Waals surface area contributed by atoms with Gasteiger partial charge in [0.15, 0.2) is 0 Å². The number of nitrogens with two attached hydrogens (primary N) is 1. The Morgan fingerprint density at radius 3 is 2.43 bits per heavy atom. The minimum Gasteiger partial charge on any atom is -0.491 e. The summed E-state index contributed by atoms with van der Waals surface area (Å²) in [6.45, 7) is 6.26. The van der Waals surface area contributed by atoms with Gasteiger partial charge in [-0.3, -0.25) is 0 Å². The van der Waals surface area contributed by atoms with E-state index in [4.69, 9.17) is 10.5 Å². The van der Waals surface area contributed by atoms with Crippen LogP contribution in [0.15, 0.2) is 29.2 Å². The average molecular weight is 312 g/mol. The van der Waals surface area contributed by atoms with Crippen LogP contribution in [0.5, 0.6) is 5.75 Å². The fourth-order valence-electron chi connectivity index (χ4n) is 2.64. The summed E-state index contributed by atoms with van der Waals surface area (Å²) in [5, 5.41) is 0. The zero-order valence-corrected chi connectivity index (χ0v) is 13.6. The van der Waals surface area contributed by atoms with E-state index in [9.17, 15) is 8.42 Å². The van der Waals surface area contributed by atoms with E-state index < -0.39 is 10.0 Å². The molecule has 0 aliphatic carbocycles. The third-order valence-electron chi connectivity index (χ3n) is 3.66. The monoisotopic (exact) mass is 312 g/mol. The molecule has 0 unspecified atom stereocenters. The molecular formula is C15H24N2O3S. The summed E-state index contributed by atoms with van der Waals surface area (Å²) >= 11 is 0. The molecule has 21 heavy (non-hydrogen) atoms. The highest BCUT2D eigenvalue weighted by atomic mass is 32.2. The van der Waals surface area contributed by atoms with Gasteiger partial charge in [-0.15, -0.1) is 0 Å². The van der Waals surface area contributed by atoms with Crippen molar-refractivity contribution >= 4 is 10.0 Å². The first kappa shape index (κ1) is 16.3. The van der Waals surface area contributed by atoms with Gasteiger partial charge in [0.1, 0.15) is 5.75 Å². The van der Waals surface area contributed by atoms with E-state index in [2.05, 4.69) is 0 Å².